The summed E-state index contributed by atoms with van der Waals surface area (Å²) in [6, 6.07) is 5.00. The maximum atomic E-state index is 13.0. The van der Waals surface area contributed by atoms with Gasteiger partial charge < -0.3 is 15.4 Å². The lowest BCUT2D eigenvalue weighted by Crippen LogP contribution is -2.02. The van der Waals surface area contributed by atoms with Crippen molar-refractivity contribution in [1.29, 1.82) is 0 Å². The standard InChI is InChI=1S/C12H7ClFN3O2S/c13-6-3-5(14)1-2-7(6)15-12-17-11-10(20-12)8(18)4-9(19)16-11/h1-4H,(H3,15,16,17,18,19). The summed E-state index contributed by atoms with van der Waals surface area (Å²) in [7, 11) is 0. The second kappa shape index (κ2) is 4.77. The highest BCUT2D eigenvalue weighted by molar-refractivity contribution is 7.22. The molecule has 5 nitrogen and oxygen atoms in total. The number of H-pyrrole nitrogens is 1. The van der Waals surface area contributed by atoms with Crippen molar-refractivity contribution >= 4 is 44.1 Å². The van der Waals surface area contributed by atoms with Gasteiger partial charge in [-0.1, -0.05) is 22.9 Å². The zero-order valence-electron chi connectivity index (χ0n) is 9.78. The Labute approximate surface area is 120 Å². The predicted molar refractivity (Wildman–Crippen MR) is 76.6 cm³/mol. The van der Waals surface area contributed by atoms with E-state index in [1.165, 1.54) is 18.2 Å². The number of aromatic hydroxyl groups is 1. The second-order valence-corrected chi connectivity index (χ2v) is 5.37. The molecule has 0 spiro atoms. The van der Waals surface area contributed by atoms with E-state index >= 15 is 0 Å². The van der Waals surface area contributed by atoms with Crippen molar-refractivity contribution in [3.63, 3.8) is 0 Å². The molecule has 0 fully saturated rings. The van der Waals surface area contributed by atoms with E-state index < -0.39 is 11.4 Å². The maximum absolute atomic E-state index is 13.0. The monoisotopic (exact) mass is 311 g/mol. The molecule has 0 aliphatic rings. The van der Waals surface area contributed by atoms with E-state index in [2.05, 4.69) is 15.3 Å². The Morgan fingerprint density at radius 3 is 2.95 bits per heavy atom. The number of halogens is 2. The van der Waals surface area contributed by atoms with E-state index in [9.17, 15) is 14.3 Å². The molecule has 102 valence electrons. The molecular formula is C12H7ClFN3O2S. The molecule has 0 amide bonds. The fourth-order valence-electron chi connectivity index (χ4n) is 1.68. The number of fused-ring (bicyclic) bond motifs is 1. The normalized spacial score (nSPS) is 10.9. The summed E-state index contributed by atoms with van der Waals surface area (Å²) < 4.78 is 13.4. The van der Waals surface area contributed by atoms with Crippen molar-refractivity contribution in [2.24, 2.45) is 0 Å². The number of aromatic amines is 1. The third kappa shape index (κ3) is 2.33. The van der Waals surface area contributed by atoms with Gasteiger partial charge in [0.1, 0.15) is 16.3 Å². The molecule has 0 bridgehead atoms. The van der Waals surface area contributed by atoms with Crippen LogP contribution in [0.5, 0.6) is 5.75 Å². The first-order valence-corrected chi connectivity index (χ1v) is 6.67. The Kier molecular flexibility index (Phi) is 3.07. The van der Waals surface area contributed by atoms with E-state index in [1.54, 1.807) is 0 Å². The lowest BCUT2D eigenvalue weighted by atomic mass is 10.3. The van der Waals surface area contributed by atoms with Crippen molar-refractivity contribution in [1.82, 2.24) is 9.97 Å². The van der Waals surface area contributed by atoms with Crippen LogP contribution in [0.1, 0.15) is 0 Å². The van der Waals surface area contributed by atoms with Gasteiger partial charge in [0.25, 0.3) is 5.56 Å². The highest BCUT2D eigenvalue weighted by atomic mass is 35.5. The Morgan fingerprint density at radius 1 is 1.40 bits per heavy atom. The fourth-order valence-corrected chi connectivity index (χ4v) is 2.74. The first-order chi connectivity index (χ1) is 9.52. The van der Waals surface area contributed by atoms with Gasteiger partial charge >= 0.3 is 0 Å². The molecule has 3 rings (SSSR count). The molecule has 1 aromatic carbocycles. The minimum Gasteiger partial charge on any atom is -0.506 e. The number of rotatable bonds is 2. The molecular weight excluding hydrogens is 305 g/mol. The van der Waals surface area contributed by atoms with Crippen molar-refractivity contribution < 1.29 is 9.50 Å². The van der Waals surface area contributed by atoms with Crippen LogP contribution >= 0.6 is 22.9 Å². The van der Waals surface area contributed by atoms with E-state index in [-0.39, 0.29) is 16.4 Å². The SMILES string of the molecule is O=c1cc(O)c2sc(Nc3ccc(F)cc3Cl)nc2[nH]1. The average Bonchev–Trinajstić information content (AvgIpc) is 2.75. The van der Waals surface area contributed by atoms with E-state index in [0.717, 1.165) is 17.4 Å². The summed E-state index contributed by atoms with van der Waals surface area (Å²) in [4.78, 5) is 17.9. The van der Waals surface area contributed by atoms with Gasteiger partial charge in [-0.05, 0) is 18.2 Å². The summed E-state index contributed by atoms with van der Waals surface area (Å²) in [5, 5.41) is 13.2. The van der Waals surface area contributed by atoms with Crippen LogP contribution in [0.4, 0.5) is 15.2 Å². The van der Waals surface area contributed by atoms with Crippen molar-refractivity contribution in [2.75, 3.05) is 5.32 Å². The van der Waals surface area contributed by atoms with Crippen LogP contribution in [-0.4, -0.2) is 15.1 Å². The van der Waals surface area contributed by atoms with Crippen LogP contribution in [-0.2, 0) is 0 Å². The van der Waals surface area contributed by atoms with Crippen LogP contribution in [0.3, 0.4) is 0 Å². The van der Waals surface area contributed by atoms with Crippen LogP contribution in [0, 0.1) is 5.82 Å². The summed E-state index contributed by atoms with van der Waals surface area (Å²) >= 11 is 7.05. The van der Waals surface area contributed by atoms with Crippen molar-refractivity contribution in [2.45, 2.75) is 0 Å². The Morgan fingerprint density at radius 2 is 2.20 bits per heavy atom. The second-order valence-electron chi connectivity index (χ2n) is 3.96. The Hall–Kier alpha value is -2.12. The van der Waals surface area contributed by atoms with Crippen molar-refractivity contribution in [3.8, 4) is 5.75 Å². The zero-order chi connectivity index (χ0) is 14.3. The molecule has 2 heterocycles. The van der Waals surface area contributed by atoms with Gasteiger partial charge in [0.05, 0.1) is 10.7 Å². The molecule has 0 atom stereocenters. The summed E-state index contributed by atoms with van der Waals surface area (Å²) in [5.41, 5.74) is 0.321. The molecule has 8 heteroatoms. The predicted octanol–water partition coefficient (Wildman–Crippen LogP) is 3.23. The summed E-state index contributed by atoms with van der Waals surface area (Å²) in [5.74, 6) is -0.577. The van der Waals surface area contributed by atoms with Crippen LogP contribution < -0.4 is 10.9 Å². The Balaban J connectivity index is 2.03. The molecule has 3 N–H and O–H groups in total. The minimum atomic E-state index is -0.438. The number of thiazole rings is 1. The lowest BCUT2D eigenvalue weighted by molar-refractivity contribution is 0.481. The average molecular weight is 312 g/mol. The fraction of sp³-hybridized carbons (Fsp3) is 0. The molecule has 20 heavy (non-hydrogen) atoms. The van der Waals surface area contributed by atoms with Crippen LogP contribution in [0.25, 0.3) is 10.3 Å². The summed E-state index contributed by atoms with van der Waals surface area (Å²) in [6.45, 7) is 0. The number of hydrogen-bond acceptors (Lipinski definition) is 5. The molecule has 0 saturated carbocycles. The molecule has 0 aliphatic heterocycles. The molecule has 3 aromatic rings. The van der Waals surface area contributed by atoms with Crippen molar-refractivity contribution in [3.05, 3.63) is 45.5 Å². The first-order valence-electron chi connectivity index (χ1n) is 5.48. The van der Waals surface area contributed by atoms with Gasteiger partial charge in [0.15, 0.2) is 10.8 Å². The van der Waals surface area contributed by atoms with Gasteiger partial charge in [-0.3, -0.25) is 4.79 Å². The smallest absolute Gasteiger partial charge is 0.253 e. The first kappa shape index (κ1) is 12.9. The van der Waals surface area contributed by atoms with E-state index in [0.29, 0.717) is 15.5 Å². The van der Waals surface area contributed by atoms with Gasteiger partial charge in [0, 0.05) is 6.07 Å². The quantitative estimate of drug-likeness (QED) is 0.679. The van der Waals surface area contributed by atoms with Gasteiger partial charge in [-0.25, -0.2) is 9.37 Å². The van der Waals surface area contributed by atoms with Gasteiger partial charge in [-0.2, -0.15) is 0 Å². The number of pyridine rings is 1. The topological polar surface area (TPSA) is 78.0 Å². The Bertz CT molecular complexity index is 862. The summed E-state index contributed by atoms with van der Waals surface area (Å²) in [6.07, 6.45) is 0. The number of anilines is 2. The highest BCUT2D eigenvalue weighted by Crippen LogP contribution is 2.33. The number of aromatic nitrogens is 2. The molecule has 0 aliphatic carbocycles. The van der Waals surface area contributed by atoms with Gasteiger partial charge in [-0.15, -0.1) is 0 Å². The van der Waals surface area contributed by atoms with Crippen LogP contribution in [0.2, 0.25) is 5.02 Å². The third-order valence-corrected chi connectivity index (χ3v) is 3.85. The van der Waals surface area contributed by atoms with E-state index in [4.69, 9.17) is 11.6 Å². The number of benzene rings is 1. The number of hydrogen-bond donors (Lipinski definition) is 3. The van der Waals surface area contributed by atoms with Crippen LogP contribution in [0.15, 0.2) is 29.1 Å². The maximum Gasteiger partial charge on any atom is 0.253 e. The highest BCUT2D eigenvalue weighted by Gasteiger charge is 2.11. The lowest BCUT2D eigenvalue weighted by Gasteiger charge is -2.04. The van der Waals surface area contributed by atoms with Gasteiger partial charge in [0.2, 0.25) is 0 Å². The minimum absolute atomic E-state index is 0.139. The third-order valence-electron chi connectivity index (χ3n) is 2.54. The molecule has 2 aromatic heterocycles. The molecule has 0 unspecified atom stereocenters. The number of nitrogens with one attached hydrogen (secondary N) is 2. The number of nitrogens with zero attached hydrogens (tertiary/aromatic N) is 1. The zero-order valence-corrected chi connectivity index (χ0v) is 11.3. The molecule has 0 saturated heterocycles. The molecule has 0 radical (unpaired) electrons. The largest absolute Gasteiger partial charge is 0.506 e. The van der Waals surface area contributed by atoms with E-state index in [1.807, 2.05) is 0 Å².